The van der Waals surface area contributed by atoms with E-state index in [0.717, 1.165) is 96.9 Å². The molecule has 3 aromatic carbocycles. The number of phenols is 2. The monoisotopic (exact) mass is 682 g/mol. The second-order valence-electron chi connectivity index (χ2n) is 15.6. The zero-order valence-corrected chi connectivity index (χ0v) is 30.0. The predicted molar refractivity (Wildman–Crippen MR) is 195 cm³/mol. The van der Waals surface area contributed by atoms with Crippen molar-refractivity contribution < 1.29 is 34.6 Å². The van der Waals surface area contributed by atoms with Crippen LogP contribution in [0.5, 0.6) is 28.7 Å². The Hall–Kier alpha value is -3.68. The van der Waals surface area contributed by atoms with Gasteiger partial charge in [-0.25, -0.2) is 0 Å². The maximum absolute atomic E-state index is 11.9. The third-order valence-electron chi connectivity index (χ3n) is 11.8. The zero-order valence-electron chi connectivity index (χ0n) is 30.0. The van der Waals surface area contributed by atoms with E-state index in [1.54, 1.807) is 13.2 Å². The first kappa shape index (κ1) is 34.8. The van der Waals surface area contributed by atoms with E-state index in [-0.39, 0.29) is 30.3 Å². The van der Waals surface area contributed by atoms with Gasteiger partial charge in [-0.3, -0.25) is 0 Å². The lowest BCUT2D eigenvalue weighted by molar-refractivity contribution is 0.0199. The third kappa shape index (κ3) is 6.59. The number of methoxy groups -OCH3 is 1. The minimum absolute atomic E-state index is 0.0875. The molecule has 6 atom stereocenters. The summed E-state index contributed by atoms with van der Waals surface area (Å²) in [6.45, 7) is 6.75. The molecular formula is C43H54O7. The van der Waals surface area contributed by atoms with Crippen LogP contribution in [-0.4, -0.2) is 46.4 Å². The molecule has 0 saturated heterocycles. The Morgan fingerprint density at radius 1 is 0.960 bits per heavy atom. The molecule has 1 fully saturated rings. The number of fused-ring (bicyclic) bond motifs is 5. The van der Waals surface area contributed by atoms with Gasteiger partial charge in [0.25, 0.3) is 0 Å². The van der Waals surface area contributed by atoms with E-state index in [4.69, 9.17) is 14.2 Å². The summed E-state index contributed by atoms with van der Waals surface area (Å²) in [5.74, 6) is 3.84. The third-order valence-corrected chi connectivity index (χ3v) is 11.8. The molecule has 0 spiro atoms. The number of aromatic hydroxyl groups is 2. The van der Waals surface area contributed by atoms with E-state index in [1.165, 1.54) is 5.56 Å². The smallest absolute Gasteiger partial charge is 0.161 e. The lowest BCUT2D eigenvalue weighted by Gasteiger charge is -2.41. The van der Waals surface area contributed by atoms with Crippen LogP contribution < -0.4 is 14.2 Å². The standard InChI is InChI=1S/C43H54O7/c1-5-25-17-27(11-10-26(25)14-15-44)32-18-29-20-36(46)30(16-24(2)3)19-33(29)42-40(48-4)23-38-34(41(32)42)22-37(47)43(50-38)28-12-13-35(45)39(21-28)49-31-8-6-7-9-31/h10-13,19-21,23-27,31-32,37,43-47H,5-9,14-18,22H2,1-4H3. The van der Waals surface area contributed by atoms with Gasteiger partial charge in [-0.15, -0.1) is 0 Å². The molecule has 4 N–H and O–H groups in total. The van der Waals surface area contributed by atoms with Crippen molar-refractivity contribution in [3.63, 3.8) is 0 Å². The molecule has 0 amide bonds. The van der Waals surface area contributed by atoms with E-state index < -0.39 is 12.2 Å². The van der Waals surface area contributed by atoms with Crippen molar-refractivity contribution >= 4 is 0 Å². The lowest BCUT2D eigenvalue weighted by atomic mass is 9.65. The molecule has 0 aromatic heterocycles. The Morgan fingerprint density at radius 2 is 1.76 bits per heavy atom. The zero-order chi connectivity index (χ0) is 35.1. The van der Waals surface area contributed by atoms with Crippen molar-refractivity contribution in [1.29, 1.82) is 0 Å². The minimum Gasteiger partial charge on any atom is -0.508 e. The highest BCUT2D eigenvalue weighted by molar-refractivity contribution is 5.83. The number of phenolic OH excluding ortho intramolecular Hbond substituents is 2. The summed E-state index contributed by atoms with van der Waals surface area (Å²) in [5.41, 5.74) is 7.10. The summed E-state index contributed by atoms with van der Waals surface area (Å²) in [6.07, 6.45) is 12.3. The molecule has 0 radical (unpaired) electrons. The van der Waals surface area contributed by atoms with Crippen LogP contribution in [0, 0.1) is 23.7 Å². The van der Waals surface area contributed by atoms with Crippen LogP contribution in [0.15, 0.2) is 48.6 Å². The second-order valence-corrected chi connectivity index (χ2v) is 15.6. The molecule has 0 bridgehead atoms. The van der Waals surface area contributed by atoms with Crippen LogP contribution in [0.1, 0.15) is 106 Å². The summed E-state index contributed by atoms with van der Waals surface area (Å²) < 4.78 is 19.2. The number of allylic oxidation sites excluding steroid dienone is 2. The first-order chi connectivity index (χ1) is 24.2. The molecule has 3 aromatic rings. The van der Waals surface area contributed by atoms with Gasteiger partial charge in [0.1, 0.15) is 23.4 Å². The van der Waals surface area contributed by atoms with E-state index in [0.29, 0.717) is 41.4 Å². The largest absolute Gasteiger partial charge is 0.508 e. The Bertz CT molecular complexity index is 1720. The fraction of sp³-hybridized carbons (Fsp3) is 0.535. The lowest BCUT2D eigenvalue weighted by Crippen LogP contribution is -2.33. The van der Waals surface area contributed by atoms with Crippen molar-refractivity contribution in [2.75, 3.05) is 13.7 Å². The van der Waals surface area contributed by atoms with Gasteiger partial charge in [-0.1, -0.05) is 45.4 Å². The number of hydrogen-bond acceptors (Lipinski definition) is 7. The van der Waals surface area contributed by atoms with Gasteiger partial charge in [0.2, 0.25) is 0 Å². The highest BCUT2D eigenvalue weighted by atomic mass is 16.5. The molecule has 1 aliphatic heterocycles. The predicted octanol–water partition coefficient (Wildman–Crippen LogP) is 8.57. The Balaban J connectivity index is 1.33. The summed E-state index contributed by atoms with van der Waals surface area (Å²) in [6, 6.07) is 11.4. The van der Waals surface area contributed by atoms with Gasteiger partial charge in [0.05, 0.1) is 19.3 Å². The topological polar surface area (TPSA) is 109 Å². The van der Waals surface area contributed by atoms with Crippen LogP contribution in [0.25, 0.3) is 11.1 Å². The van der Waals surface area contributed by atoms with Crippen LogP contribution in [0.2, 0.25) is 0 Å². The van der Waals surface area contributed by atoms with Gasteiger partial charge < -0.3 is 34.6 Å². The highest BCUT2D eigenvalue weighted by Crippen LogP contribution is 2.56. The van der Waals surface area contributed by atoms with Crippen LogP contribution >= 0.6 is 0 Å². The molecule has 4 aliphatic rings. The molecule has 7 heteroatoms. The molecule has 1 heterocycles. The van der Waals surface area contributed by atoms with E-state index >= 15 is 0 Å². The van der Waals surface area contributed by atoms with E-state index in [1.807, 2.05) is 24.3 Å². The highest BCUT2D eigenvalue weighted by Gasteiger charge is 2.41. The number of hydrogen-bond donors (Lipinski definition) is 4. The minimum atomic E-state index is -0.818. The van der Waals surface area contributed by atoms with Crippen LogP contribution in [0.3, 0.4) is 0 Å². The fourth-order valence-electron chi connectivity index (χ4n) is 9.35. The first-order valence-electron chi connectivity index (χ1n) is 18.9. The second kappa shape index (κ2) is 14.5. The average Bonchev–Trinajstić information content (AvgIpc) is 3.62. The Morgan fingerprint density at radius 3 is 2.48 bits per heavy atom. The summed E-state index contributed by atoms with van der Waals surface area (Å²) in [5, 5.41) is 43.5. The van der Waals surface area contributed by atoms with Gasteiger partial charge in [0.15, 0.2) is 11.5 Å². The number of aliphatic hydroxyl groups is 2. The fourth-order valence-corrected chi connectivity index (χ4v) is 9.35. The SMILES string of the molecule is CCC1CC(C2Cc3cc(O)c(CC(C)C)cc3-c3c(OC)cc4c(c32)CC(O)C(c2ccc(O)c(OC3CCCC3)c2)O4)C=CC1CCO. The maximum Gasteiger partial charge on any atom is 0.161 e. The van der Waals surface area contributed by atoms with Gasteiger partial charge in [0, 0.05) is 30.2 Å². The number of benzene rings is 3. The van der Waals surface area contributed by atoms with Gasteiger partial charge in [-0.05, 0) is 133 Å². The Labute approximate surface area is 296 Å². The quantitative estimate of drug-likeness (QED) is 0.159. The van der Waals surface area contributed by atoms with Crippen molar-refractivity contribution in [3.8, 4) is 39.9 Å². The van der Waals surface area contributed by atoms with Crippen molar-refractivity contribution in [3.05, 3.63) is 76.4 Å². The number of aliphatic hydroxyl groups excluding tert-OH is 2. The van der Waals surface area contributed by atoms with E-state index in [9.17, 15) is 20.4 Å². The number of ether oxygens (including phenoxy) is 3. The van der Waals surface area contributed by atoms with Crippen molar-refractivity contribution in [1.82, 2.24) is 0 Å². The van der Waals surface area contributed by atoms with E-state index in [2.05, 4.69) is 39.0 Å². The molecule has 268 valence electrons. The molecule has 7 nitrogen and oxygen atoms in total. The summed E-state index contributed by atoms with van der Waals surface area (Å²) in [7, 11) is 1.70. The molecule has 3 aliphatic carbocycles. The van der Waals surface area contributed by atoms with Gasteiger partial charge in [-0.2, -0.15) is 0 Å². The molecule has 50 heavy (non-hydrogen) atoms. The first-order valence-corrected chi connectivity index (χ1v) is 18.9. The molecule has 6 unspecified atom stereocenters. The van der Waals surface area contributed by atoms with Gasteiger partial charge >= 0.3 is 0 Å². The normalized spacial score (nSPS) is 25.9. The summed E-state index contributed by atoms with van der Waals surface area (Å²) >= 11 is 0. The number of rotatable bonds is 10. The summed E-state index contributed by atoms with van der Waals surface area (Å²) in [4.78, 5) is 0. The molecular weight excluding hydrogens is 628 g/mol. The van der Waals surface area contributed by atoms with Crippen molar-refractivity contribution in [2.24, 2.45) is 23.7 Å². The van der Waals surface area contributed by atoms with Crippen LogP contribution in [0.4, 0.5) is 0 Å². The molecule has 1 saturated carbocycles. The maximum atomic E-state index is 11.9. The van der Waals surface area contributed by atoms with Crippen LogP contribution in [-0.2, 0) is 19.3 Å². The Kier molecular flexibility index (Phi) is 10.1. The van der Waals surface area contributed by atoms with Crippen molar-refractivity contribution in [2.45, 2.75) is 109 Å². The average molecular weight is 683 g/mol. The molecule has 7 rings (SSSR count).